The number of nitrogens with zero attached hydrogens (tertiary/aromatic N) is 3. The molecule has 2 heterocycles. The van der Waals surface area contributed by atoms with Gasteiger partial charge in [0.25, 0.3) is 5.91 Å². The second kappa shape index (κ2) is 8.04. The van der Waals surface area contributed by atoms with Crippen molar-refractivity contribution in [1.82, 2.24) is 14.7 Å². The average Bonchev–Trinajstić information content (AvgIpc) is 2.68. The Morgan fingerprint density at radius 1 is 1.17 bits per heavy atom. The topological polar surface area (TPSA) is 60.9 Å². The van der Waals surface area contributed by atoms with E-state index in [1.165, 1.54) is 9.80 Å². The number of rotatable bonds is 4. The lowest BCUT2D eigenvalue weighted by molar-refractivity contribution is -0.165. The van der Waals surface area contributed by atoms with Gasteiger partial charge in [0.2, 0.25) is 11.8 Å². The van der Waals surface area contributed by atoms with Crippen LogP contribution in [0.1, 0.15) is 49.0 Å². The summed E-state index contributed by atoms with van der Waals surface area (Å²) >= 11 is 0. The third-order valence-electron chi connectivity index (χ3n) is 5.51. The fraction of sp³-hybridized carbons (Fsp3) is 0.550. The first kappa shape index (κ1) is 21.1. The maximum absolute atomic E-state index is 13.0. The Hall–Kier alpha value is -2.58. The summed E-state index contributed by atoms with van der Waals surface area (Å²) in [5.41, 5.74) is -0.705. The minimum absolute atomic E-state index is 0.0788. The summed E-state index contributed by atoms with van der Waals surface area (Å²) in [6.45, 7) is 4.58. The lowest BCUT2D eigenvalue weighted by Crippen LogP contribution is -2.70. The summed E-state index contributed by atoms with van der Waals surface area (Å²) in [5, 5.41) is 0. The summed E-state index contributed by atoms with van der Waals surface area (Å²) in [7, 11) is 0. The van der Waals surface area contributed by atoms with Gasteiger partial charge in [-0.1, -0.05) is 13.3 Å². The first-order chi connectivity index (χ1) is 13.6. The Labute approximate surface area is 167 Å². The zero-order valence-electron chi connectivity index (χ0n) is 16.4. The predicted molar refractivity (Wildman–Crippen MR) is 98.7 cm³/mol. The number of carbonyl (C=O) groups excluding carboxylic acids is 3. The smallest absolute Gasteiger partial charge is 0.337 e. The van der Waals surface area contributed by atoms with Crippen LogP contribution in [-0.2, 0) is 15.8 Å². The standard InChI is InChI=1S/C20H24F3N3O3/c1-3-4-10-24-12-16-25(11-9-17(27)26(16)13(2)18(24)28)19(29)14-5-7-15(8-6-14)20(21,22)23/h5-8,13,16H,3-4,9-12H2,1-2H3. The van der Waals surface area contributed by atoms with E-state index in [2.05, 4.69) is 0 Å². The molecule has 2 unspecified atom stereocenters. The second-order valence-corrected chi connectivity index (χ2v) is 7.42. The van der Waals surface area contributed by atoms with Gasteiger partial charge in [-0.2, -0.15) is 13.2 Å². The van der Waals surface area contributed by atoms with Crippen molar-refractivity contribution < 1.29 is 27.6 Å². The van der Waals surface area contributed by atoms with Gasteiger partial charge in [-0.3, -0.25) is 14.4 Å². The maximum atomic E-state index is 13.0. The van der Waals surface area contributed by atoms with E-state index in [1.54, 1.807) is 11.8 Å². The molecule has 2 fully saturated rings. The number of carbonyl (C=O) groups is 3. The lowest BCUT2D eigenvalue weighted by atomic mass is 10.0. The van der Waals surface area contributed by atoms with Gasteiger partial charge in [0.1, 0.15) is 12.2 Å². The Bertz CT molecular complexity index is 794. The van der Waals surface area contributed by atoms with Crippen LogP contribution in [0.15, 0.2) is 24.3 Å². The van der Waals surface area contributed by atoms with E-state index < -0.39 is 29.9 Å². The van der Waals surface area contributed by atoms with E-state index in [-0.39, 0.29) is 36.9 Å². The summed E-state index contributed by atoms with van der Waals surface area (Å²) in [4.78, 5) is 42.7. The SMILES string of the molecule is CCCCN1CC2N(C(=O)c3ccc(C(F)(F)F)cc3)CCC(=O)N2C(C)C1=O. The van der Waals surface area contributed by atoms with Crippen LogP contribution in [0.2, 0.25) is 0 Å². The molecular weight excluding hydrogens is 387 g/mol. The highest BCUT2D eigenvalue weighted by molar-refractivity contribution is 5.97. The molecule has 0 radical (unpaired) electrons. The van der Waals surface area contributed by atoms with E-state index in [0.717, 1.165) is 37.1 Å². The third-order valence-corrected chi connectivity index (χ3v) is 5.51. The second-order valence-electron chi connectivity index (χ2n) is 7.42. The number of unbranched alkanes of at least 4 members (excludes halogenated alkanes) is 1. The number of amides is 3. The lowest BCUT2D eigenvalue weighted by Gasteiger charge is -2.51. The van der Waals surface area contributed by atoms with Gasteiger partial charge in [0.05, 0.1) is 12.1 Å². The largest absolute Gasteiger partial charge is 0.416 e. The van der Waals surface area contributed by atoms with Crippen LogP contribution >= 0.6 is 0 Å². The molecule has 9 heteroatoms. The van der Waals surface area contributed by atoms with Crippen LogP contribution in [0, 0.1) is 0 Å². The van der Waals surface area contributed by atoms with Gasteiger partial charge >= 0.3 is 6.18 Å². The van der Waals surface area contributed by atoms with Crippen molar-refractivity contribution in [3.63, 3.8) is 0 Å². The molecule has 1 aromatic rings. The highest BCUT2D eigenvalue weighted by atomic mass is 19.4. The number of hydrogen-bond donors (Lipinski definition) is 0. The van der Waals surface area contributed by atoms with Crippen molar-refractivity contribution in [2.45, 2.75) is 51.5 Å². The van der Waals surface area contributed by atoms with E-state index in [0.29, 0.717) is 6.54 Å². The maximum Gasteiger partial charge on any atom is 0.416 e. The molecule has 6 nitrogen and oxygen atoms in total. The molecule has 158 valence electrons. The molecule has 1 aromatic carbocycles. The van der Waals surface area contributed by atoms with Gasteiger partial charge in [0, 0.05) is 25.1 Å². The Kier molecular flexibility index (Phi) is 5.86. The fourth-order valence-corrected chi connectivity index (χ4v) is 3.90. The molecule has 2 saturated heterocycles. The molecule has 3 amide bonds. The van der Waals surface area contributed by atoms with Crippen LogP contribution in [0.5, 0.6) is 0 Å². The molecule has 2 atom stereocenters. The van der Waals surface area contributed by atoms with Gasteiger partial charge in [-0.15, -0.1) is 0 Å². The first-order valence-electron chi connectivity index (χ1n) is 9.73. The zero-order chi connectivity index (χ0) is 21.3. The van der Waals surface area contributed by atoms with Crippen molar-refractivity contribution in [2.75, 3.05) is 19.6 Å². The number of fused-ring (bicyclic) bond motifs is 1. The number of piperazine rings is 1. The summed E-state index contributed by atoms with van der Waals surface area (Å²) in [5.74, 6) is -0.785. The van der Waals surface area contributed by atoms with Gasteiger partial charge in [0.15, 0.2) is 0 Å². The number of hydrogen-bond acceptors (Lipinski definition) is 3. The van der Waals surface area contributed by atoms with Crippen molar-refractivity contribution in [3.8, 4) is 0 Å². The van der Waals surface area contributed by atoms with E-state index in [4.69, 9.17) is 0 Å². The quantitative estimate of drug-likeness (QED) is 0.766. The minimum Gasteiger partial charge on any atom is -0.337 e. The highest BCUT2D eigenvalue weighted by Gasteiger charge is 2.46. The van der Waals surface area contributed by atoms with Crippen molar-refractivity contribution >= 4 is 17.7 Å². The summed E-state index contributed by atoms with van der Waals surface area (Å²) < 4.78 is 38.4. The molecule has 0 aliphatic carbocycles. The predicted octanol–water partition coefficient (Wildman–Crippen LogP) is 2.74. The molecule has 0 N–H and O–H groups in total. The Balaban J connectivity index is 1.85. The van der Waals surface area contributed by atoms with Crippen LogP contribution in [0.25, 0.3) is 0 Å². The van der Waals surface area contributed by atoms with E-state index >= 15 is 0 Å². The Morgan fingerprint density at radius 3 is 2.41 bits per heavy atom. The number of alkyl halides is 3. The van der Waals surface area contributed by atoms with Gasteiger partial charge in [-0.25, -0.2) is 0 Å². The Morgan fingerprint density at radius 2 is 1.83 bits per heavy atom. The van der Waals surface area contributed by atoms with Crippen molar-refractivity contribution in [3.05, 3.63) is 35.4 Å². The van der Waals surface area contributed by atoms with Crippen molar-refractivity contribution in [2.24, 2.45) is 0 Å². The zero-order valence-corrected chi connectivity index (χ0v) is 16.4. The average molecular weight is 411 g/mol. The van der Waals surface area contributed by atoms with Crippen LogP contribution in [-0.4, -0.2) is 64.3 Å². The molecule has 2 aliphatic rings. The van der Waals surface area contributed by atoms with Gasteiger partial charge in [-0.05, 0) is 37.6 Å². The normalized spacial score (nSPS) is 22.7. The highest BCUT2D eigenvalue weighted by Crippen LogP contribution is 2.30. The molecular formula is C20H24F3N3O3. The first-order valence-corrected chi connectivity index (χ1v) is 9.73. The van der Waals surface area contributed by atoms with Crippen LogP contribution < -0.4 is 0 Å². The third kappa shape index (κ3) is 4.09. The number of halogens is 3. The molecule has 2 aliphatic heterocycles. The van der Waals surface area contributed by atoms with Crippen LogP contribution in [0.4, 0.5) is 13.2 Å². The molecule has 0 bridgehead atoms. The van der Waals surface area contributed by atoms with Crippen molar-refractivity contribution in [1.29, 1.82) is 0 Å². The fourth-order valence-electron chi connectivity index (χ4n) is 3.90. The molecule has 3 rings (SSSR count). The van der Waals surface area contributed by atoms with Gasteiger partial charge < -0.3 is 14.7 Å². The van der Waals surface area contributed by atoms with E-state index in [9.17, 15) is 27.6 Å². The van der Waals surface area contributed by atoms with Crippen LogP contribution in [0.3, 0.4) is 0 Å². The molecule has 0 spiro atoms. The molecule has 0 aromatic heterocycles. The molecule has 0 saturated carbocycles. The number of benzene rings is 1. The molecule has 29 heavy (non-hydrogen) atoms. The summed E-state index contributed by atoms with van der Waals surface area (Å²) in [6.07, 6.45) is -3.30. The summed E-state index contributed by atoms with van der Waals surface area (Å²) in [6, 6.07) is 3.37. The van der Waals surface area contributed by atoms with E-state index in [1.807, 2.05) is 6.92 Å². The minimum atomic E-state index is -4.48. The monoisotopic (exact) mass is 411 g/mol.